The van der Waals surface area contributed by atoms with Crippen LogP contribution >= 0.6 is 7.14 Å². The molecule has 0 N–H and O–H groups in total. The molecule has 0 aromatic heterocycles. The molecule has 0 spiro atoms. The Hall–Kier alpha value is -1.41. The third-order valence-corrected chi connectivity index (χ3v) is 12.6. The molecule has 4 heteroatoms. The molecule has 3 aliphatic carbocycles. The summed E-state index contributed by atoms with van der Waals surface area (Å²) in [6.45, 7) is 4.71. The SMILES string of the molecule is CC1CCCC(OC2CCC(P(=O)(c3ccccc3)c3ccccc3)C(OC3CCCC(C)C3)C2)C1. The van der Waals surface area contributed by atoms with Crippen molar-refractivity contribution in [1.29, 1.82) is 0 Å². The highest BCUT2D eigenvalue weighted by Gasteiger charge is 2.46. The molecule has 7 atom stereocenters. The molecule has 0 radical (unpaired) electrons. The van der Waals surface area contributed by atoms with E-state index in [4.69, 9.17) is 9.47 Å². The molecule has 2 aromatic rings. The van der Waals surface area contributed by atoms with Crippen molar-refractivity contribution in [3.63, 3.8) is 0 Å². The summed E-state index contributed by atoms with van der Waals surface area (Å²) in [5.41, 5.74) is -0.00957. The predicted molar refractivity (Wildman–Crippen MR) is 150 cm³/mol. The lowest BCUT2D eigenvalue weighted by molar-refractivity contribution is -0.108. The van der Waals surface area contributed by atoms with Gasteiger partial charge in [-0.15, -0.1) is 0 Å². The molecule has 0 aliphatic heterocycles. The first-order valence-corrected chi connectivity index (χ1v) is 16.3. The molecule has 196 valence electrons. The van der Waals surface area contributed by atoms with E-state index in [1.165, 1.54) is 38.5 Å². The second-order valence-corrected chi connectivity index (χ2v) is 14.9. The smallest absolute Gasteiger partial charge is 0.148 e. The van der Waals surface area contributed by atoms with Gasteiger partial charge < -0.3 is 14.0 Å². The molecule has 36 heavy (non-hydrogen) atoms. The minimum absolute atomic E-state index is 0.00957. The number of ether oxygens (including phenoxy) is 2. The maximum Gasteiger partial charge on any atom is 0.148 e. The van der Waals surface area contributed by atoms with Crippen LogP contribution < -0.4 is 10.6 Å². The Morgan fingerprint density at radius 2 is 1.11 bits per heavy atom. The van der Waals surface area contributed by atoms with Gasteiger partial charge in [-0.3, -0.25) is 0 Å². The van der Waals surface area contributed by atoms with Gasteiger partial charge in [-0.05, 0) is 50.4 Å². The zero-order valence-electron chi connectivity index (χ0n) is 22.3. The Labute approximate surface area is 218 Å². The van der Waals surface area contributed by atoms with Crippen LogP contribution in [0.4, 0.5) is 0 Å². The summed E-state index contributed by atoms with van der Waals surface area (Å²) in [5, 5.41) is 1.93. The molecular weight excluding hydrogens is 463 g/mol. The monoisotopic (exact) mass is 508 g/mol. The number of rotatable bonds is 7. The summed E-state index contributed by atoms with van der Waals surface area (Å²) in [7, 11) is -2.90. The van der Waals surface area contributed by atoms with Crippen LogP contribution in [-0.4, -0.2) is 30.1 Å². The van der Waals surface area contributed by atoms with E-state index in [1.54, 1.807) is 0 Å². The molecule has 2 aromatic carbocycles. The van der Waals surface area contributed by atoms with Gasteiger partial charge >= 0.3 is 0 Å². The van der Waals surface area contributed by atoms with E-state index < -0.39 is 7.14 Å². The summed E-state index contributed by atoms with van der Waals surface area (Å²) in [6, 6.07) is 20.4. The third-order valence-electron chi connectivity index (χ3n) is 8.98. The Morgan fingerprint density at radius 1 is 0.611 bits per heavy atom. The summed E-state index contributed by atoms with van der Waals surface area (Å²) in [4.78, 5) is 0. The van der Waals surface area contributed by atoms with Crippen molar-refractivity contribution >= 4 is 17.8 Å². The fourth-order valence-corrected chi connectivity index (χ4v) is 10.6. The van der Waals surface area contributed by atoms with Crippen LogP contribution in [0.5, 0.6) is 0 Å². The van der Waals surface area contributed by atoms with Gasteiger partial charge in [0.05, 0.1) is 24.4 Å². The molecule has 0 amide bonds. The van der Waals surface area contributed by atoms with E-state index in [-0.39, 0.29) is 24.0 Å². The van der Waals surface area contributed by atoms with Crippen LogP contribution in [0.3, 0.4) is 0 Å². The predicted octanol–water partition coefficient (Wildman–Crippen LogP) is 7.48. The van der Waals surface area contributed by atoms with E-state index in [9.17, 15) is 0 Å². The lowest BCUT2D eigenvalue weighted by Crippen LogP contribution is -2.45. The van der Waals surface area contributed by atoms with Crippen molar-refractivity contribution in [2.75, 3.05) is 0 Å². The maximum absolute atomic E-state index is 15.3. The van der Waals surface area contributed by atoms with E-state index in [1.807, 2.05) is 36.4 Å². The number of hydrogen-bond acceptors (Lipinski definition) is 3. The molecule has 3 aliphatic rings. The highest BCUT2D eigenvalue weighted by molar-refractivity contribution is 7.79. The molecule has 3 fully saturated rings. The first-order valence-electron chi connectivity index (χ1n) is 14.5. The Kier molecular flexibility index (Phi) is 8.72. The fourth-order valence-electron chi connectivity index (χ4n) is 7.12. The average Bonchev–Trinajstić information content (AvgIpc) is 2.89. The van der Waals surface area contributed by atoms with Crippen molar-refractivity contribution in [2.45, 2.75) is 115 Å². The van der Waals surface area contributed by atoms with Gasteiger partial charge in [0.1, 0.15) is 7.14 Å². The molecule has 3 saturated carbocycles. The zero-order chi connectivity index (χ0) is 25.0. The summed E-state index contributed by atoms with van der Waals surface area (Å²) < 4.78 is 29.0. The summed E-state index contributed by atoms with van der Waals surface area (Å²) >= 11 is 0. The Balaban J connectivity index is 1.43. The first-order chi connectivity index (χ1) is 17.5. The van der Waals surface area contributed by atoms with Crippen LogP contribution in [0, 0.1) is 11.8 Å². The van der Waals surface area contributed by atoms with Gasteiger partial charge in [0.15, 0.2) is 0 Å². The highest BCUT2D eigenvalue weighted by atomic mass is 31.2. The van der Waals surface area contributed by atoms with Crippen LogP contribution in [-0.2, 0) is 14.0 Å². The third kappa shape index (κ3) is 6.01. The Bertz CT molecular complexity index is 949. The minimum Gasteiger partial charge on any atom is -0.375 e. The molecule has 5 rings (SSSR count). The standard InChI is InChI=1S/C32H45O3P/c1-24-11-9-13-26(21-24)34-28-19-20-32(31(23-28)35-27-14-10-12-25(2)22-27)36(33,29-15-5-3-6-16-29)30-17-7-4-8-18-30/h3-8,15-18,24-28,31-32H,9-14,19-23H2,1-2H3. The minimum atomic E-state index is -2.90. The second-order valence-electron chi connectivity index (χ2n) is 11.9. The van der Waals surface area contributed by atoms with E-state index >= 15 is 4.57 Å². The summed E-state index contributed by atoms with van der Waals surface area (Å²) in [6.07, 6.45) is 13.3. The normalized spacial score (nSPS) is 33.8. The van der Waals surface area contributed by atoms with Crippen molar-refractivity contribution in [2.24, 2.45) is 11.8 Å². The molecule has 0 heterocycles. The van der Waals surface area contributed by atoms with Gasteiger partial charge in [0, 0.05) is 22.7 Å². The molecule has 7 unspecified atom stereocenters. The summed E-state index contributed by atoms with van der Waals surface area (Å²) in [5.74, 6) is 1.46. The molecule has 0 saturated heterocycles. The Morgan fingerprint density at radius 3 is 1.64 bits per heavy atom. The largest absolute Gasteiger partial charge is 0.375 e. The van der Waals surface area contributed by atoms with Crippen LogP contribution in [0.15, 0.2) is 60.7 Å². The van der Waals surface area contributed by atoms with Gasteiger partial charge in [-0.1, -0.05) is 100 Å². The van der Waals surface area contributed by atoms with Crippen LogP contribution in [0.1, 0.15) is 84.5 Å². The van der Waals surface area contributed by atoms with Gasteiger partial charge in [0.25, 0.3) is 0 Å². The van der Waals surface area contributed by atoms with Crippen molar-refractivity contribution < 1.29 is 14.0 Å². The van der Waals surface area contributed by atoms with Gasteiger partial charge in [0.2, 0.25) is 0 Å². The second kappa shape index (κ2) is 12.0. The molecule has 3 nitrogen and oxygen atoms in total. The van der Waals surface area contributed by atoms with Crippen molar-refractivity contribution in [3.05, 3.63) is 60.7 Å². The average molecular weight is 509 g/mol. The van der Waals surface area contributed by atoms with Gasteiger partial charge in [-0.25, -0.2) is 0 Å². The zero-order valence-corrected chi connectivity index (χ0v) is 23.2. The molecule has 0 bridgehead atoms. The quantitative estimate of drug-likeness (QED) is 0.364. The first kappa shape index (κ1) is 26.2. The maximum atomic E-state index is 15.3. The lowest BCUT2D eigenvalue weighted by Gasteiger charge is -2.43. The number of hydrogen-bond donors (Lipinski definition) is 0. The van der Waals surface area contributed by atoms with E-state index in [2.05, 4.69) is 38.1 Å². The van der Waals surface area contributed by atoms with Crippen LogP contribution in [0.25, 0.3) is 0 Å². The van der Waals surface area contributed by atoms with Crippen molar-refractivity contribution in [3.8, 4) is 0 Å². The van der Waals surface area contributed by atoms with Crippen molar-refractivity contribution in [1.82, 2.24) is 0 Å². The van der Waals surface area contributed by atoms with E-state index in [0.29, 0.717) is 12.0 Å². The van der Waals surface area contributed by atoms with E-state index in [0.717, 1.165) is 48.6 Å². The van der Waals surface area contributed by atoms with Crippen LogP contribution in [0.2, 0.25) is 0 Å². The molecular formula is C32H45O3P. The highest BCUT2D eigenvalue weighted by Crippen LogP contribution is 2.55. The lowest BCUT2D eigenvalue weighted by atomic mass is 9.87. The topological polar surface area (TPSA) is 35.5 Å². The fraction of sp³-hybridized carbons (Fsp3) is 0.625. The number of benzene rings is 2. The van der Waals surface area contributed by atoms with Gasteiger partial charge in [-0.2, -0.15) is 0 Å².